The number of aromatic nitrogens is 2. The van der Waals surface area contributed by atoms with E-state index in [0.29, 0.717) is 12.3 Å². The van der Waals surface area contributed by atoms with Gasteiger partial charge in [-0.3, -0.25) is 4.79 Å². The Morgan fingerprint density at radius 2 is 2.20 bits per heavy atom. The standard InChI is InChI=1S/C14H20N4O2/c1-20-13-8-11(15-10-16-13)18-7-3-6-14(9-18)5-2-4-12(19)17-14/h8,10H,2-7,9H2,1H3,(H,17,19)/t14-/m0/s1. The minimum Gasteiger partial charge on any atom is -0.481 e. The topological polar surface area (TPSA) is 67.3 Å². The van der Waals surface area contributed by atoms with Gasteiger partial charge in [0.15, 0.2) is 0 Å². The molecule has 3 heterocycles. The van der Waals surface area contributed by atoms with Crippen molar-refractivity contribution in [3.63, 3.8) is 0 Å². The Hall–Kier alpha value is -1.85. The first-order chi connectivity index (χ1) is 9.71. The van der Waals surface area contributed by atoms with Crippen LogP contribution in [-0.4, -0.2) is 41.6 Å². The van der Waals surface area contributed by atoms with E-state index in [9.17, 15) is 4.79 Å². The van der Waals surface area contributed by atoms with E-state index in [4.69, 9.17) is 4.74 Å². The van der Waals surface area contributed by atoms with Gasteiger partial charge in [-0.1, -0.05) is 0 Å². The summed E-state index contributed by atoms with van der Waals surface area (Å²) in [5.41, 5.74) is -0.0776. The highest BCUT2D eigenvalue weighted by Gasteiger charge is 2.39. The third-order valence-electron chi connectivity index (χ3n) is 4.20. The van der Waals surface area contributed by atoms with Crippen LogP contribution in [0.25, 0.3) is 0 Å². The van der Waals surface area contributed by atoms with Gasteiger partial charge in [0.05, 0.1) is 12.6 Å². The van der Waals surface area contributed by atoms with E-state index in [0.717, 1.165) is 44.6 Å². The molecule has 1 spiro atoms. The molecule has 0 unspecified atom stereocenters. The molecule has 20 heavy (non-hydrogen) atoms. The molecule has 0 aromatic carbocycles. The minimum atomic E-state index is -0.0776. The number of rotatable bonds is 2. The molecular weight excluding hydrogens is 256 g/mol. The van der Waals surface area contributed by atoms with Gasteiger partial charge in [-0.25, -0.2) is 9.97 Å². The number of carbonyl (C=O) groups is 1. The Balaban J connectivity index is 1.79. The Morgan fingerprint density at radius 3 is 3.00 bits per heavy atom. The smallest absolute Gasteiger partial charge is 0.220 e. The highest BCUT2D eigenvalue weighted by molar-refractivity contribution is 5.77. The summed E-state index contributed by atoms with van der Waals surface area (Å²) >= 11 is 0. The molecule has 0 bridgehead atoms. The fourth-order valence-electron chi connectivity index (χ4n) is 3.26. The van der Waals surface area contributed by atoms with E-state index in [-0.39, 0.29) is 11.4 Å². The van der Waals surface area contributed by atoms with Crippen molar-refractivity contribution in [1.82, 2.24) is 15.3 Å². The molecule has 0 aliphatic carbocycles. The molecule has 1 amide bonds. The second-order valence-electron chi connectivity index (χ2n) is 5.63. The summed E-state index contributed by atoms with van der Waals surface area (Å²) in [7, 11) is 1.60. The van der Waals surface area contributed by atoms with Crippen LogP contribution in [0.5, 0.6) is 5.88 Å². The predicted octanol–water partition coefficient (Wildman–Crippen LogP) is 1.12. The van der Waals surface area contributed by atoms with Crippen molar-refractivity contribution in [2.24, 2.45) is 0 Å². The van der Waals surface area contributed by atoms with Crippen molar-refractivity contribution >= 4 is 11.7 Å². The van der Waals surface area contributed by atoms with Crippen LogP contribution in [0.2, 0.25) is 0 Å². The maximum absolute atomic E-state index is 11.7. The number of amides is 1. The summed E-state index contributed by atoms with van der Waals surface area (Å²) in [6.07, 6.45) is 6.33. The van der Waals surface area contributed by atoms with E-state index in [2.05, 4.69) is 20.2 Å². The number of hydrogen-bond donors (Lipinski definition) is 1. The highest BCUT2D eigenvalue weighted by atomic mass is 16.5. The molecule has 6 heteroatoms. The lowest BCUT2D eigenvalue weighted by Crippen LogP contribution is -2.60. The van der Waals surface area contributed by atoms with Gasteiger partial charge in [-0.15, -0.1) is 0 Å². The van der Waals surface area contributed by atoms with Gasteiger partial charge in [0.25, 0.3) is 0 Å². The van der Waals surface area contributed by atoms with Crippen molar-refractivity contribution in [2.75, 3.05) is 25.1 Å². The number of anilines is 1. The van der Waals surface area contributed by atoms with Gasteiger partial charge >= 0.3 is 0 Å². The Morgan fingerprint density at radius 1 is 1.35 bits per heavy atom. The Kier molecular flexibility index (Phi) is 3.46. The fourth-order valence-corrected chi connectivity index (χ4v) is 3.26. The molecule has 1 atom stereocenters. The number of hydrogen-bond acceptors (Lipinski definition) is 5. The number of nitrogens with one attached hydrogen (secondary N) is 1. The first-order valence-electron chi connectivity index (χ1n) is 7.13. The quantitative estimate of drug-likeness (QED) is 0.877. The number of piperidine rings is 2. The van der Waals surface area contributed by atoms with E-state index in [1.54, 1.807) is 7.11 Å². The van der Waals surface area contributed by atoms with Gasteiger partial charge in [0, 0.05) is 25.6 Å². The van der Waals surface area contributed by atoms with Crippen molar-refractivity contribution < 1.29 is 9.53 Å². The van der Waals surface area contributed by atoms with E-state index in [1.807, 2.05) is 6.07 Å². The van der Waals surface area contributed by atoms with Gasteiger partial charge < -0.3 is 15.0 Å². The molecule has 3 rings (SSSR count). The van der Waals surface area contributed by atoms with Gasteiger partial charge in [0.2, 0.25) is 11.8 Å². The number of ether oxygens (including phenoxy) is 1. The van der Waals surface area contributed by atoms with Crippen LogP contribution >= 0.6 is 0 Å². The molecule has 108 valence electrons. The Bertz CT molecular complexity index is 504. The van der Waals surface area contributed by atoms with Gasteiger partial charge in [-0.05, 0) is 25.7 Å². The lowest BCUT2D eigenvalue weighted by atomic mass is 9.81. The molecule has 6 nitrogen and oxygen atoms in total. The van der Waals surface area contributed by atoms with Crippen LogP contribution in [0.1, 0.15) is 32.1 Å². The summed E-state index contributed by atoms with van der Waals surface area (Å²) in [6.45, 7) is 1.77. The largest absolute Gasteiger partial charge is 0.481 e. The zero-order chi connectivity index (χ0) is 14.0. The average Bonchev–Trinajstić information content (AvgIpc) is 2.47. The molecular formula is C14H20N4O2. The summed E-state index contributed by atoms with van der Waals surface area (Å²) in [5.74, 6) is 1.62. The third kappa shape index (κ3) is 2.55. The van der Waals surface area contributed by atoms with Crippen molar-refractivity contribution in [3.8, 4) is 5.88 Å². The summed E-state index contributed by atoms with van der Waals surface area (Å²) in [4.78, 5) is 22.3. The third-order valence-corrected chi connectivity index (χ3v) is 4.20. The molecule has 2 saturated heterocycles. The average molecular weight is 276 g/mol. The van der Waals surface area contributed by atoms with Crippen molar-refractivity contribution in [1.29, 1.82) is 0 Å². The van der Waals surface area contributed by atoms with E-state index in [1.165, 1.54) is 6.33 Å². The zero-order valence-corrected chi connectivity index (χ0v) is 11.8. The van der Waals surface area contributed by atoms with Crippen LogP contribution in [0.3, 0.4) is 0 Å². The molecule has 1 aromatic rings. The molecule has 2 aliphatic rings. The molecule has 2 fully saturated rings. The maximum Gasteiger partial charge on any atom is 0.220 e. The van der Waals surface area contributed by atoms with Crippen LogP contribution in [0, 0.1) is 0 Å². The monoisotopic (exact) mass is 276 g/mol. The SMILES string of the molecule is COc1cc(N2CCC[C@@]3(CCCC(=O)N3)C2)ncn1. The van der Waals surface area contributed by atoms with Crippen molar-refractivity contribution in [2.45, 2.75) is 37.6 Å². The lowest BCUT2D eigenvalue weighted by molar-refractivity contribution is -0.125. The normalized spacial score (nSPS) is 26.4. The summed E-state index contributed by atoms with van der Waals surface area (Å²) in [6, 6.07) is 1.85. The Labute approximate surface area is 118 Å². The van der Waals surface area contributed by atoms with Crippen molar-refractivity contribution in [3.05, 3.63) is 12.4 Å². The van der Waals surface area contributed by atoms with E-state index >= 15 is 0 Å². The second kappa shape index (κ2) is 5.26. The fraction of sp³-hybridized carbons (Fsp3) is 0.643. The molecule has 1 aromatic heterocycles. The van der Waals surface area contributed by atoms with Crippen LogP contribution in [-0.2, 0) is 4.79 Å². The number of carbonyl (C=O) groups excluding carboxylic acids is 1. The maximum atomic E-state index is 11.7. The summed E-state index contributed by atoms with van der Waals surface area (Å²) < 4.78 is 5.15. The molecule has 0 radical (unpaired) electrons. The minimum absolute atomic E-state index is 0.0776. The molecule has 0 saturated carbocycles. The first kappa shape index (κ1) is 13.1. The number of methoxy groups -OCH3 is 1. The van der Waals surface area contributed by atoms with E-state index < -0.39 is 0 Å². The van der Waals surface area contributed by atoms with Gasteiger partial charge in [-0.2, -0.15) is 0 Å². The lowest BCUT2D eigenvalue weighted by Gasteiger charge is -2.45. The van der Waals surface area contributed by atoms with Crippen LogP contribution < -0.4 is 15.0 Å². The molecule has 2 aliphatic heterocycles. The zero-order valence-electron chi connectivity index (χ0n) is 11.8. The van der Waals surface area contributed by atoms with Crippen LogP contribution in [0.4, 0.5) is 5.82 Å². The second-order valence-corrected chi connectivity index (χ2v) is 5.63. The molecule has 1 N–H and O–H groups in total. The first-order valence-corrected chi connectivity index (χ1v) is 7.13. The van der Waals surface area contributed by atoms with Crippen LogP contribution in [0.15, 0.2) is 12.4 Å². The number of nitrogens with zero attached hydrogens (tertiary/aromatic N) is 3. The highest BCUT2D eigenvalue weighted by Crippen LogP contribution is 2.31. The summed E-state index contributed by atoms with van der Waals surface area (Å²) in [5, 5.41) is 3.20. The van der Waals surface area contributed by atoms with Gasteiger partial charge in [0.1, 0.15) is 12.1 Å². The predicted molar refractivity (Wildman–Crippen MR) is 74.8 cm³/mol.